The number of rotatable bonds is 0. The number of para-hydroxylation sites is 2. The van der Waals surface area contributed by atoms with E-state index in [1.807, 2.05) is 0 Å². The van der Waals surface area contributed by atoms with Crippen LogP contribution in [0, 0.1) is 0 Å². The zero-order valence-corrected chi connectivity index (χ0v) is 13.6. The summed E-state index contributed by atoms with van der Waals surface area (Å²) in [5, 5.41) is 7.86. The minimum atomic E-state index is 1.27. The minimum absolute atomic E-state index is 1.27. The van der Waals surface area contributed by atoms with E-state index in [-0.39, 0.29) is 0 Å². The van der Waals surface area contributed by atoms with E-state index < -0.39 is 0 Å². The second-order valence-corrected chi connectivity index (χ2v) is 6.65. The van der Waals surface area contributed by atoms with Gasteiger partial charge in [0.25, 0.3) is 0 Å². The first-order chi connectivity index (χ1) is 12.4. The fraction of sp³-hybridized carbons (Fsp3) is 0. The number of pyridine rings is 1. The molecule has 2 aromatic heterocycles. The van der Waals surface area contributed by atoms with Gasteiger partial charge in [-0.1, -0.05) is 72.8 Å². The molecular weight excluding hydrogens is 302 g/mol. The van der Waals surface area contributed by atoms with Crippen LogP contribution in [0.4, 0.5) is 0 Å². The van der Waals surface area contributed by atoms with E-state index in [0.717, 1.165) is 0 Å². The van der Waals surface area contributed by atoms with Gasteiger partial charge in [-0.25, -0.2) is 0 Å². The Morgan fingerprint density at radius 1 is 0.440 bits per heavy atom. The van der Waals surface area contributed by atoms with Crippen molar-refractivity contribution in [3.63, 3.8) is 0 Å². The molecule has 4 aromatic carbocycles. The van der Waals surface area contributed by atoms with E-state index in [2.05, 4.69) is 95.4 Å². The van der Waals surface area contributed by atoms with Gasteiger partial charge in [0.2, 0.25) is 0 Å². The Morgan fingerprint density at radius 2 is 1.12 bits per heavy atom. The second-order valence-electron chi connectivity index (χ2n) is 6.65. The third-order valence-electron chi connectivity index (χ3n) is 5.33. The summed E-state index contributed by atoms with van der Waals surface area (Å²) in [7, 11) is 0. The van der Waals surface area contributed by atoms with Gasteiger partial charge in [0.1, 0.15) is 0 Å². The molecule has 0 amide bonds. The van der Waals surface area contributed by atoms with Crippen molar-refractivity contribution in [3.05, 3.63) is 91.0 Å². The minimum Gasteiger partial charge on any atom is -0.309 e. The zero-order valence-electron chi connectivity index (χ0n) is 13.6. The molecular formula is C24H15N. The standard InChI is InChI=1S/C24H15N/c1-3-9-18-16(7-1)13-14-20-19-10-4-6-12-22(19)25-21-11-5-2-8-17(21)15-23(25)24(18)20/h1-15H. The fourth-order valence-corrected chi connectivity index (χ4v) is 4.27. The van der Waals surface area contributed by atoms with E-state index in [1.54, 1.807) is 0 Å². The lowest BCUT2D eigenvalue weighted by Gasteiger charge is -2.12. The van der Waals surface area contributed by atoms with E-state index in [1.165, 1.54) is 48.9 Å². The van der Waals surface area contributed by atoms with Crippen molar-refractivity contribution in [2.24, 2.45) is 0 Å². The van der Waals surface area contributed by atoms with Crippen molar-refractivity contribution in [2.75, 3.05) is 0 Å². The summed E-state index contributed by atoms with van der Waals surface area (Å²) in [6.07, 6.45) is 0. The van der Waals surface area contributed by atoms with Crippen LogP contribution in [0.3, 0.4) is 0 Å². The predicted octanol–water partition coefficient (Wildman–Crippen LogP) is 6.55. The number of aromatic nitrogens is 1. The Hall–Kier alpha value is -3.32. The Labute approximate surface area is 144 Å². The molecule has 1 heteroatoms. The Balaban J connectivity index is 2.08. The smallest absolute Gasteiger partial charge is 0.0553 e. The molecule has 0 atom stereocenters. The molecule has 0 unspecified atom stereocenters. The van der Waals surface area contributed by atoms with Crippen LogP contribution in [0.15, 0.2) is 91.0 Å². The van der Waals surface area contributed by atoms with Gasteiger partial charge >= 0.3 is 0 Å². The van der Waals surface area contributed by atoms with Crippen LogP contribution in [0.2, 0.25) is 0 Å². The van der Waals surface area contributed by atoms with Crippen LogP contribution in [0.1, 0.15) is 0 Å². The predicted molar refractivity (Wildman–Crippen MR) is 107 cm³/mol. The molecule has 0 aliphatic rings. The number of hydrogen-bond acceptors (Lipinski definition) is 0. The normalized spacial score (nSPS) is 12.0. The average molecular weight is 317 g/mol. The monoisotopic (exact) mass is 317 g/mol. The van der Waals surface area contributed by atoms with Gasteiger partial charge in [-0.2, -0.15) is 0 Å². The zero-order chi connectivity index (χ0) is 16.4. The lowest BCUT2D eigenvalue weighted by atomic mass is 9.99. The van der Waals surface area contributed by atoms with Gasteiger partial charge in [-0.15, -0.1) is 0 Å². The topological polar surface area (TPSA) is 4.41 Å². The van der Waals surface area contributed by atoms with Crippen LogP contribution in [0.25, 0.3) is 48.9 Å². The van der Waals surface area contributed by atoms with Crippen LogP contribution < -0.4 is 0 Å². The van der Waals surface area contributed by atoms with Gasteiger partial charge in [0.05, 0.1) is 16.6 Å². The van der Waals surface area contributed by atoms with Crippen molar-refractivity contribution in [2.45, 2.75) is 0 Å². The molecule has 0 fully saturated rings. The molecule has 0 saturated heterocycles. The molecule has 0 aliphatic carbocycles. The maximum atomic E-state index is 2.42. The summed E-state index contributed by atoms with van der Waals surface area (Å²) in [5.41, 5.74) is 3.82. The molecule has 0 aliphatic heterocycles. The lowest BCUT2D eigenvalue weighted by Crippen LogP contribution is -1.91. The van der Waals surface area contributed by atoms with E-state index in [4.69, 9.17) is 0 Å². The number of hydrogen-bond donors (Lipinski definition) is 0. The van der Waals surface area contributed by atoms with Crippen molar-refractivity contribution in [1.82, 2.24) is 4.40 Å². The molecule has 0 radical (unpaired) electrons. The van der Waals surface area contributed by atoms with E-state index >= 15 is 0 Å². The highest BCUT2D eigenvalue weighted by molar-refractivity contribution is 6.24. The molecule has 0 spiro atoms. The molecule has 0 N–H and O–H groups in total. The third-order valence-corrected chi connectivity index (χ3v) is 5.33. The summed E-state index contributed by atoms with van der Waals surface area (Å²) in [6.45, 7) is 0. The maximum absolute atomic E-state index is 2.42. The number of fused-ring (bicyclic) bond motifs is 10. The summed E-state index contributed by atoms with van der Waals surface area (Å²) in [6, 6.07) is 32.9. The molecule has 0 saturated carbocycles. The maximum Gasteiger partial charge on any atom is 0.0553 e. The first-order valence-corrected chi connectivity index (χ1v) is 8.64. The average Bonchev–Trinajstić information content (AvgIpc) is 3.07. The highest BCUT2D eigenvalue weighted by Gasteiger charge is 2.13. The first-order valence-electron chi connectivity index (χ1n) is 8.64. The summed E-state index contributed by atoms with van der Waals surface area (Å²) in [4.78, 5) is 0. The highest BCUT2D eigenvalue weighted by Crippen LogP contribution is 2.37. The summed E-state index contributed by atoms with van der Waals surface area (Å²) in [5.74, 6) is 0. The van der Waals surface area contributed by atoms with Crippen LogP contribution in [0.5, 0.6) is 0 Å². The molecule has 25 heavy (non-hydrogen) atoms. The fourth-order valence-electron chi connectivity index (χ4n) is 4.27. The van der Waals surface area contributed by atoms with Gasteiger partial charge in [0.15, 0.2) is 0 Å². The van der Waals surface area contributed by atoms with Crippen LogP contribution in [-0.4, -0.2) is 4.40 Å². The third kappa shape index (κ3) is 1.62. The Bertz CT molecular complexity index is 1440. The summed E-state index contributed by atoms with van der Waals surface area (Å²) < 4.78 is 2.42. The molecule has 116 valence electrons. The molecule has 1 nitrogen and oxygen atoms in total. The van der Waals surface area contributed by atoms with Gasteiger partial charge in [-0.3, -0.25) is 0 Å². The second kappa shape index (κ2) is 4.61. The van der Waals surface area contributed by atoms with Crippen molar-refractivity contribution in [1.29, 1.82) is 0 Å². The molecule has 6 rings (SSSR count). The lowest BCUT2D eigenvalue weighted by molar-refractivity contribution is 1.35. The largest absolute Gasteiger partial charge is 0.309 e. The Morgan fingerprint density at radius 3 is 2.00 bits per heavy atom. The summed E-state index contributed by atoms with van der Waals surface area (Å²) >= 11 is 0. The van der Waals surface area contributed by atoms with Gasteiger partial charge in [0, 0.05) is 16.2 Å². The Kier molecular flexibility index (Phi) is 2.40. The number of nitrogens with zero attached hydrogens (tertiary/aromatic N) is 1. The molecule has 6 aromatic rings. The van der Waals surface area contributed by atoms with Gasteiger partial charge < -0.3 is 4.40 Å². The van der Waals surface area contributed by atoms with Crippen LogP contribution in [-0.2, 0) is 0 Å². The SMILES string of the molecule is c1ccc2c(c1)ccc1c3ccccc3n3c4ccccc4cc3c21. The molecule has 0 bridgehead atoms. The number of benzene rings is 4. The highest BCUT2D eigenvalue weighted by atomic mass is 14.9. The quantitative estimate of drug-likeness (QED) is 0.280. The van der Waals surface area contributed by atoms with Gasteiger partial charge in [-0.05, 0) is 34.4 Å². The van der Waals surface area contributed by atoms with Crippen molar-refractivity contribution in [3.8, 4) is 0 Å². The van der Waals surface area contributed by atoms with Crippen LogP contribution >= 0.6 is 0 Å². The van der Waals surface area contributed by atoms with Crippen molar-refractivity contribution >= 4 is 48.9 Å². The first kappa shape index (κ1) is 13.0. The van der Waals surface area contributed by atoms with Crippen molar-refractivity contribution < 1.29 is 0 Å². The van der Waals surface area contributed by atoms with E-state index in [9.17, 15) is 0 Å². The molecule has 2 heterocycles. The van der Waals surface area contributed by atoms with E-state index in [0.29, 0.717) is 0 Å².